The number of nitro benzene ring substituents is 1. The highest BCUT2D eigenvalue weighted by molar-refractivity contribution is 7.89. The summed E-state index contributed by atoms with van der Waals surface area (Å²) in [6.45, 7) is 4.32. The van der Waals surface area contributed by atoms with Crippen LogP contribution in [-0.4, -0.2) is 53.2 Å². The van der Waals surface area contributed by atoms with Crippen LogP contribution in [0.1, 0.15) is 25.0 Å². The van der Waals surface area contributed by atoms with Crippen molar-refractivity contribution >= 4 is 21.7 Å². The molecule has 0 saturated carbocycles. The second kappa shape index (κ2) is 10.8. The number of carbonyl (C=O) groups is 1. The fourth-order valence-corrected chi connectivity index (χ4v) is 6.10. The van der Waals surface area contributed by atoms with Gasteiger partial charge in [0.25, 0.3) is 5.69 Å². The first-order chi connectivity index (χ1) is 17.6. The van der Waals surface area contributed by atoms with Crippen molar-refractivity contribution < 1.29 is 22.9 Å². The topological polar surface area (TPSA) is 110 Å². The van der Waals surface area contributed by atoms with E-state index in [1.165, 1.54) is 16.4 Å². The Hall–Kier alpha value is -3.60. The third kappa shape index (κ3) is 6.04. The normalized spacial score (nSPS) is 18.3. The fraction of sp³-hybridized carbons (Fsp3) is 0.296. The largest absolute Gasteiger partial charge is 0.460 e. The molecule has 10 heteroatoms. The van der Waals surface area contributed by atoms with Crippen LogP contribution in [-0.2, 0) is 32.7 Å². The van der Waals surface area contributed by atoms with Gasteiger partial charge in [-0.1, -0.05) is 60.7 Å². The van der Waals surface area contributed by atoms with E-state index in [-0.39, 0.29) is 30.3 Å². The van der Waals surface area contributed by atoms with Gasteiger partial charge in [0, 0.05) is 37.3 Å². The van der Waals surface area contributed by atoms with Gasteiger partial charge in [-0.25, -0.2) is 8.42 Å². The number of hydrogen-bond acceptors (Lipinski definition) is 7. The van der Waals surface area contributed by atoms with E-state index in [9.17, 15) is 23.3 Å². The summed E-state index contributed by atoms with van der Waals surface area (Å²) in [6.07, 6.45) is 0. The number of esters is 1. The van der Waals surface area contributed by atoms with Crippen molar-refractivity contribution in [2.45, 2.75) is 43.5 Å². The third-order valence-electron chi connectivity index (χ3n) is 6.47. The first-order valence-electron chi connectivity index (χ1n) is 11.8. The summed E-state index contributed by atoms with van der Waals surface area (Å²) >= 11 is 0. The van der Waals surface area contributed by atoms with Crippen molar-refractivity contribution in [1.82, 2.24) is 9.21 Å². The molecule has 194 valence electrons. The van der Waals surface area contributed by atoms with Crippen LogP contribution in [0.4, 0.5) is 5.69 Å². The van der Waals surface area contributed by atoms with Gasteiger partial charge in [-0.2, -0.15) is 4.31 Å². The number of hydrogen-bond donors (Lipinski definition) is 0. The number of benzene rings is 3. The number of piperazine rings is 1. The zero-order chi connectivity index (χ0) is 26.6. The number of ether oxygens (including phenoxy) is 1. The lowest BCUT2D eigenvalue weighted by molar-refractivity contribution is -0.384. The van der Waals surface area contributed by atoms with Crippen molar-refractivity contribution in [1.29, 1.82) is 0 Å². The van der Waals surface area contributed by atoms with Gasteiger partial charge >= 0.3 is 5.97 Å². The van der Waals surface area contributed by atoms with Crippen molar-refractivity contribution in [3.8, 4) is 0 Å². The second-order valence-corrected chi connectivity index (χ2v) is 11.5. The van der Waals surface area contributed by atoms with Gasteiger partial charge in [0.05, 0.1) is 9.82 Å². The van der Waals surface area contributed by atoms with Crippen molar-refractivity contribution in [2.75, 3.05) is 13.1 Å². The molecule has 0 aromatic heterocycles. The third-order valence-corrected chi connectivity index (χ3v) is 8.30. The van der Waals surface area contributed by atoms with Crippen molar-refractivity contribution in [3.05, 3.63) is 106 Å². The molecule has 1 fully saturated rings. The maximum atomic E-state index is 13.6. The highest BCUT2D eigenvalue weighted by Gasteiger charge is 2.47. The molecule has 1 saturated heterocycles. The first-order valence-corrected chi connectivity index (χ1v) is 13.3. The zero-order valence-corrected chi connectivity index (χ0v) is 21.5. The monoisotopic (exact) mass is 523 g/mol. The van der Waals surface area contributed by atoms with Crippen LogP contribution in [0.5, 0.6) is 0 Å². The van der Waals surface area contributed by atoms with E-state index in [1.54, 1.807) is 0 Å². The molecule has 1 unspecified atom stereocenters. The molecule has 3 aromatic rings. The minimum absolute atomic E-state index is 0.0678. The summed E-state index contributed by atoms with van der Waals surface area (Å²) in [5.74, 6) is -0.517. The molecule has 0 radical (unpaired) electrons. The molecule has 1 atom stereocenters. The quantitative estimate of drug-likeness (QED) is 0.249. The zero-order valence-electron chi connectivity index (χ0n) is 20.7. The van der Waals surface area contributed by atoms with Crippen molar-refractivity contribution in [3.63, 3.8) is 0 Å². The minimum Gasteiger partial charge on any atom is -0.460 e. The van der Waals surface area contributed by atoms with E-state index in [2.05, 4.69) is 0 Å². The molecule has 0 amide bonds. The summed E-state index contributed by atoms with van der Waals surface area (Å²) in [4.78, 5) is 25.8. The maximum absolute atomic E-state index is 13.6. The highest BCUT2D eigenvalue weighted by atomic mass is 32.2. The van der Waals surface area contributed by atoms with Gasteiger partial charge in [0.1, 0.15) is 12.6 Å². The van der Waals surface area contributed by atoms with Crippen LogP contribution in [0.3, 0.4) is 0 Å². The average molecular weight is 524 g/mol. The molecule has 1 aliphatic heterocycles. The lowest BCUT2D eigenvalue weighted by atomic mass is 9.95. The molecule has 0 spiro atoms. The van der Waals surface area contributed by atoms with Crippen LogP contribution in [0.25, 0.3) is 0 Å². The van der Waals surface area contributed by atoms with E-state index in [4.69, 9.17) is 4.74 Å². The number of carbonyl (C=O) groups excluding carboxylic acids is 1. The Balaban J connectivity index is 1.63. The second-order valence-electron chi connectivity index (χ2n) is 9.58. The summed E-state index contributed by atoms with van der Waals surface area (Å²) in [7, 11) is -4.03. The van der Waals surface area contributed by atoms with Gasteiger partial charge < -0.3 is 4.74 Å². The van der Waals surface area contributed by atoms with Gasteiger partial charge in [-0.15, -0.1) is 0 Å². The summed E-state index contributed by atoms with van der Waals surface area (Å²) in [6, 6.07) is 22.9. The standard InChI is InChI=1S/C27H29N3O6S/c1-27(2)20-28(37(34,35)24-15-13-23(14-16-24)30(32)33)18-25(29(27)17-21-9-5-3-6-10-21)26(31)36-19-22-11-7-4-8-12-22/h3-16,25H,17-20H2,1-2H3. The molecule has 0 N–H and O–H groups in total. The van der Waals surface area contributed by atoms with E-state index in [0.29, 0.717) is 6.54 Å². The fourth-order valence-electron chi connectivity index (χ4n) is 4.50. The minimum atomic E-state index is -4.03. The molecule has 1 aliphatic rings. The summed E-state index contributed by atoms with van der Waals surface area (Å²) in [5.41, 5.74) is 0.895. The van der Waals surface area contributed by atoms with Gasteiger partial charge in [0.15, 0.2) is 0 Å². The smallest absolute Gasteiger partial charge is 0.325 e. The summed E-state index contributed by atoms with van der Waals surface area (Å²) < 4.78 is 34.0. The van der Waals surface area contributed by atoms with E-state index in [0.717, 1.165) is 23.3 Å². The Morgan fingerprint density at radius 1 is 0.973 bits per heavy atom. The number of rotatable bonds is 8. The van der Waals surface area contributed by atoms with Crippen molar-refractivity contribution in [2.24, 2.45) is 0 Å². The Morgan fingerprint density at radius 3 is 2.11 bits per heavy atom. The number of nitro groups is 1. The lowest BCUT2D eigenvalue weighted by Crippen LogP contribution is -2.66. The van der Waals surface area contributed by atoms with E-state index in [1.807, 2.05) is 79.4 Å². The van der Waals surface area contributed by atoms with Crippen LogP contribution in [0.2, 0.25) is 0 Å². The van der Waals surface area contributed by atoms with Crippen LogP contribution < -0.4 is 0 Å². The highest BCUT2D eigenvalue weighted by Crippen LogP contribution is 2.32. The predicted octanol–water partition coefficient (Wildman–Crippen LogP) is 3.99. The van der Waals surface area contributed by atoms with Gasteiger partial charge in [-0.05, 0) is 37.1 Å². The number of non-ortho nitro benzene ring substituents is 1. The lowest BCUT2D eigenvalue weighted by Gasteiger charge is -2.50. The van der Waals surface area contributed by atoms with Crippen LogP contribution in [0.15, 0.2) is 89.8 Å². The van der Waals surface area contributed by atoms with E-state index < -0.39 is 32.5 Å². The first kappa shape index (κ1) is 26.5. The number of nitrogens with zero attached hydrogens (tertiary/aromatic N) is 3. The molecule has 0 aliphatic carbocycles. The van der Waals surface area contributed by atoms with Gasteiger partial charge in [0.2, 0.25) is 10.0 Å². The Bertz CT molecular complexity index is 1350. The average Bonchev–Trinajstić information content (AvgIpc) is 2.89. The van der Waals surface area contributed by atoms with Crippen LogP contribution in [0, 0.1) is 10.1 Å². The Labute approximate surface area is 216 Å². The van der Waals surface area contributed by atoms with Crippen LogP contribution >= 0.6 is 0 Å². The Kier molecular flexibility index (Phi) is 7.72. The summed E-state index contributed by atoms with van der Waals surface area (Å²) in [5, 5.41) is 11.0. The molecule has 1 heterocycles. The molecule has 4 rings (SSSR count). The SMILES string of the molecule is CC1(C)CN(S(=O)(=O)c2ccc([N+](=O)[O-])cc2)CC(C(=O)OCc2ccccc2)N1Cc1ccccc1. The molecule has 37 heavy (non-hydrogen) atoms. The van der Waals surface area contributed by atoms with E-state index >= 15 is 0 Å². The molecule has 3 aromatic carbocycles. The molecular formula is C27H29N3O6S. The maximum Gasteiger partial charge on any atom is 0.325 e. The number of sulfonamides is 1. The predicted molar refractivity (Wildman–Crippen MR) is 138 cm³/mol. The molecular weight excluding hydrogens is 494 g/mol. The Morgan fingerprint density at radius 2 is 1.54 bits per heavy atom. The molecule has 0 bridgehead atoms. The molecule has 9 nitrogen and oxygen atoms in total. The van der Waals surface area contributed by atoms with Gasteiger partial charge in [-0.3, -0.25) is 19.8 Å².